The minimum absolute atomic E-state index is 0.0392. The molecule has 0 aliphatic heterocycles. The number of nitrogens with two attached hydrogens (primary N) is 2. The summed E-state index contributed by atoms with van der Waals surface area (Å²) in [5.41, 5.74) is 13.5. The Morgan fingerprint density at radius 3 is 2.50 bits per heavy atom. The molecular weight excluding hydrogens is 174 g/mol. The lowest BCUT2D eigenvalue weighted by atomic mass is 9.95. The van der Waals surface area contributed by atoms with Crippen LogP contribution in [0.4, 0.5) is 5.69 Å². The number of hydrogen-bond donors (Lipinski definition) is 2. The molecule has 0 saturated carbocycles. The van der Waals surface area contributed by atoms with Crippen LogP contribution in [0.5, 0.6) is 0 Å². The maximum Gasteiger partial charge on any atom is 0.101 e. The van der Waals surface area contributed by atoms with Crippen molar-refractivity contribution in [3.63, 3.8) is 0 Å². The first-order chi connectivity index (χ1) is 6.56. The first kappa shape index (κ1) is 10.6. The summed E-state index contributed by atoms with van der Waals surface area (Å²) in [6.45, 7) is 4.10. The molecule has 3 nitrogen and oxygen atoms in total. The molecule has 0 aliphatic rings. The van der Waals surface area contributed by atoms with Crippen molar-refractivity contribution in [2.45, 2.75) is 19.9 Å². The Bertz CT molecular complexity index is 363. The molecule has 1 unspecified atom stereocenters. The zero-order valence-corrected chi connectivity index (χ0v) is 8.49. The molecule has 0 amide bonds. The lowest BCUT2D eigenvalue weighted by Gasteiger charge is -2.16. The minimum atomic E-state index is -0.0392. The van der Waals surface area contributed by atoms with Gasteiger partial charge in [-0.05, 0) is 23.6 Å². The lowest BCUT2D eigenvalue weighted by Crippen LogP contribution is -2.16. The Balaban J connectivity index is 3.08. The normalized spacial score (nSPS) is 12.5. The van der Waals surface area contributed by atoms with Gasteiger partial charge in [-0.25, -0.2) is 0 Å². The van der Waals surface area contributed by atoms with E-state index < -0.39 is 0 Å². The second-order valence-corrected chi connectivity index (χ2v) is 3.73. The van der Waals surface area contributed by atoms with Crippen LogP contribution >= 0.6 is 0 Å². The lowest BCUT2D eigenvalue weighted by molar-refractivity contribution is 0.514. The van der Waals surface area contributed by atoms with Gasteiger partial charge >= 0.3 is 0 Å². The fraction of sp³-hybridized carbons (Fsp3) is 0.364. The summed E-state index contributed by atoms with van der Waals surface area (Å²) in [5, 5.41) is 8.79. The predicted molar refractivity (Wildman–Crippen MR) is 57.3 cm³/mol. The van der Waals surface area contributed by atoms with Crippen LogP contribution in [-0.2, 0) is 0 Å². The van der Waals surface area contributed by atoms with Crippen LogP contribution in [0.2, 0.25) is 0 Å². The minimum Gasteiger partial charge on any atom is -0.398 e. The number of anilines is 1. The fourth-order valence-electron chi connectivity index (χ4n) is 1.26. The van der Waals surface area contributed by atoms with E-state index in [1.165, 1.54) is 0 Å². The summed E-state index contributed by atoms with van der Waals surface area (Å²) < 4.78 is 0. The van der Waals surface area contributed by atoms with Gasteiger partial charge in [-0.1, -0.05) is 19.9 Å². The van der Waals surface area contributed by atoms with Gasteiger partial charge in [0.1, 0.15) is 6.07 Å². The molecule has 1 aromatic rings. The monoisotopic (exact) mass is 189 g/mol. The predicted octanol–water partition coefficient (Wildman–Crippen LogP) is 1.80. The average molecular weight is 189 g/mol. The van der Waals surface area contributed by atoms with E-state index in [0.717, 1.165) is 5.56 Å². The van der Waals surface area contributed by atoms with Crippen LogP contribution in [0.25, 0.3) is 0 Å². The smallest absolute Gasteiger partial charge is 0.101 e. The van der Waals surface area contributed by atoms with E-state index in [2.05, 4.69) is 0 Å². The highest BCUT2D eigenvalue weighted by Gasteiger charge is 2.11. The number of rotatable bonds is 2. The third-order valence-electron chi connectivity index (χ3n) is 2.30. The van der Waals surface area contributed by atoms with Crippen LogP contribution in [0.15, 0.2) is 18.2 Å². The van der Waals surface area contributed by atoms with Crippen LogP contribution in [-0.4, -0.2) is 0 Å². The van der Waals surface area contributed by atoms with Gasteiger partial charge in [0.05, 0.1) is 5.56 Å². The summed E-state index contributed by atoms with van der Waals surface area (Å²) in [5.74, 6) is 0.352. The molecule has 1 aromatic carbocycles. The van der Waals surface area contributed by atoms with Gasteiger partial charge in [0.25, 0.3) is 0 Å². The van der Waals surface area contributed by atoms with Crippen LogP contribution in [0, 0.1) is 17.2 Å². The summed E-state index contributed by atoms with van der Waals surface area (Å²) in [6.07, 6.45) is 0. The maximum atomic E-state index is 8.79. The number of nitriles is 1. The molecule has 0 aromatic heterocycles. The number of benzene rings is 1. The second kappa shape index (κ2) is 4.12. The largest absolute Gasteiger partial charge is 0.398 e. The van der Waals surface area contributed by atoms with Gasteiger partial charge in [-0.2, -0.15) is 5.26 Å². The van der Waals surface area contributed by atoms with E-state index in [1.807, 2.05) is 26.0 Å². The van der Waals surface area contributed by atoms with Gasteiger partial charge in [-0.15, -0.1) is 0 Å². The summed E-state index contributed by atoms with van der Waals surface area (Å²) in [7, 11) is 0. The molecule has 0 saturated heterocycles. The molecule has 0 bridgehead atoms. The van der Waals surface area contributed by atoms with Crippen LogP contribution < -0.4 is 11.5 Å². The molecule has 0 spiro atoms. The zero-order valence-electron chi connectivity index (χ0n) is 8.49. The number of nitrogen functional groups attached to an aromatic ring is 1. The Kier molecular flexibility index (Phi) is 3.10. The van der Waals surface area contributed by atoms with Crippen molar-refractivity contribution >= 4 is 5.69 Å². The fourth-order valence-corrected chi connectivity index (χ4v) is 1.26. The Morgan fingerprint density at radius 2 is 2.00 bits per heavy atom. The molecule has 0 radical (unpaired) electrons. The number of nitrogens with zero attached hydrogens (tertiary/aromatic N) is 1. The topological polar surface area (TPSA) is 75.8 Å². The molecule has 0 fully saturated rings. The van der Waals surface area contributed by atoms with Crippen molar-refractivity contribution in [2.24, 2.45) is 11.7 Å². The van der Waals surface area contributed by atoms with E-state index in [-0.39, 0.29) is 6.04 Å². The maximum absolute atomic E-state index is 8.79. The van der Waals surface area contributed by atoms with Gasteiger partial charge in [0.2, 0.25) is 0 Å². The van der Waals surface area contributed by atoms with Crippen molar-refractivity contribution in [3.8, 4) is 6.07 Å². The second-order valence-electron chi connectivity index (χ2n) is 3.73. The van der Waals surface area contributed by atoms with E-state index in [0.29, 0.717) is 17.2 Å². The molecule has 0 heterocycles. The first-order valence-electron chi connectivity index (χ1n) is 4.61. The zero-order chi connectivity index (χ0) is 10.7. The Hall–Kier alpha value is -1.53. The Labute approximate surface area is 84.3 Å². The Morgan fingerprint density at radius 1 is 1.36 bits per heavy atom. The van der Waals surface area contributed by atoms with E-state index in [1.54, 1.807) is 12.1 Å². The molecule has 14 heavy (non-hydrogen) atoms. The van der Waals surface area contributed by atoms with Crippen molar-refractivity contribution in [3.05, 3.63) is 29.3 Å². The molecule has 1 atom stereocenters. The van der Waals surface area contributed by atoms with Gasteiger partial charge in [0, 0.05) is 11.7 Å². The van der Waals surface area contributed by atoms with Gasteiger partial charge < -0.3 is 11.5 Å². The molecule has 1 rings (SSSR count). The van der Waals surface area contributed by atoms with Gasteiger partial charge in [-0.3, -0.25) is 0 Å². The SMILES string of the molecule is CC(C)C(N)c1ccc(N)c(C#N)c1. The highest BCUT2D eigenvalue weighted by molar-refractivity contribution is 5.55. The highest BCUT2D eigenvalue weighted by Crippen LogP contribution is 2.22. The first-order valence-corrected chi connectivity index (χ1v) is 4.61. The van der Waals surface area contributed by atoms with E-state index >= 15 is 0 Å². The van der Waals surface area contributed by atoms with Crippen LogP contribution in [0.3, 0.4) is 0 Å². The van der Waals surface area contributed by atoms with Crippen molar-refractivity contribution in [1.82, 2.24) is 0 Å². The molecule has 0 aliphatic carbocycles. The highest BCUT2D eigenvalue weighted by atomic mass is 14.6. The molecule has 4 N–H and O–H groups in total. The third kappa shape index (κ3) is 2.04. The average Bonchev–Trinajstić information content (AvgIpc) is 2.17. The summed E-state index contributed by atoms with van der Waals surface area (Å²) in [6, 6.07) is 7.38. The van der Waals surface area contributed by atoms with Crippen LogP contribution in [0.1, 0.15) is 31.0 Å². The standard InChI is InChI=1S/C11H15N3/c1-7(2)11(14)8-3-4-10(13)9(5-8)6-12/h3-5,7,11H,13-14H2,1-2H3. The van der Waals surface area contributed by atoms with Gasteiger partial charge in [0.15, 0.2) is 0 Å². The third-order valence-corrected chi connectivity index (χ3v) is 2.30. The van der Waals surface area contributed by atoms with E-state index in [9.17, 15) is 0 Å². The molecular formula is C11H15N3. The van der Waals surface area contributed by atoms with Crippen molar-refractivity contribution in [1.29, 1.82) is 5.26 Å². The van der Waals surface area contributed by atoms with Crippen molar-refractivity contribution in [2.75, 3.05) is 5.73 Å². The molecule has 3 heteroatoms. The summed E-state index contributed by atoms with van der Waals surface area (Å²) in [4.78, 5) is 0. The number of hydrogen-bond acceptors (Lipinski definition) is 3. The molecule has 74 valence electrons. The van der Waals surface area contributed by atoms with E-state index in [4.69, 9.17) is 16.7 Å². The quantitative estimate of drug-likeness (QED) is 0.696. The summed E-state index contributed by atoms with van der Waals surface area (Å²) >= 11 is 0. The van der Waals surface area contributed by atoms with Crippen molar-refractivity contribution < 1.29 is 0 Å².